The number of carbonyl (C=O) groups is 2. The number of esters is 1. The minimum absolute atomic E-state index is 0.137. The first-order valence-electron chi connectivity index (χ1n) is 6.13. The van der Waals surface area contributed by atoms with Crippen LogP contribution in [-0.2, 0) is 20.7 Å². The number of unbranched alkanes of at least 4 members (excludes halogenated alkanes) is 1. The summed E-state index contributed by atoms with van der Waals surface area (Å²) in [6.45, 7) is 1.90. The summed E-state index contributed by atoms with van der Waals surface area (Å²) in [7, 11) is 1.29. The van der Waals surface area contributed by atoms with Gasteiger partial charge in [-0.2, -0.15) is 0 Å². The van der Waals surface area contributed by atoms with Gasteiger partial charge < -0.3 is 4.74 Å². The normalized spacial score (nSPS) is 9.37. The molecule has 19 heavy (non-hydrogen) atoms. The van der Waals surface area contributed by atoms with Gasteiger partial charge in [0.2, 0.25) is 0 Å². The number of pyridine rings is 1. The molecule has 0 aliphatic rings. The fraction of sp³-hybridized carbons (Fsp3) is 0.400. The van der Waals surface area contributed by atoms with Crippen LogP contribution in [0, 0.1) is 18.8 Å². The second-order valence-corrected chi connectivity index (χ2v) is 4.13. The average molecular weight is 259 g/mol. The van der Waals surface area contributed by atoms with Crippen molar-refractivity contribution in [2.45, 2.75) is 32.6 Å². The maximum Gasteiger partial charge on any atom is 0.384 e. The van der Waals surface area contributed by atoms with Crippen molar-refractivity contribution in [2.75, 3.05) is 7.11 Å². The summed E-state index contributed by atoms with van der Waals surface area (Å²) in [6.07, 6.45) is 1.97. The summed E-state index contributed by atoms with van der Waals surface area (Å²) in [5.41, 5.74) is 1.71. The molecule has 0 fully saturated rings. The summed E-state index contributed by atoms with van der Waals surface area (Å²) in [5, 5.41) is 0. The van der Waals surface area contributed by atoms with Crippen molar-refractivity contribution in [1.82, 2.24) is 4.98 Å². The van der Waals surface area contributed by atoms with Crippen molar-refractivity contribution in [2.24, 2.45) is 0 Å². The second kappa shape index (κ2) is 8.04. The topological polar surface area (TPSA) is 56.3 Å². The van der Waals surface area contributed by atoms with Gasteiger partial charge in [0, 0.05) is 36.6 Å². The third-order valence-corrected chi connectivity index (χ3v) is 2.46. The Morgan fingerprint density at radius 3 is 2.84 bits per heavy atom. The molecule has 0 aliphatic carbocycles. The Morgan fingerprint density at radius 2 is 2.16 bits per heavy atom. The molecule has 0 bridgehead atoms. The highest BCUT2D eigenvalue weighted by Gasteiger charge is 2.04. The van der Waals surface area contributed by atoms with Crippen molar-refractivity contribution < 1.29 is 14.3 Å². The van der Waals surface area contributed by atoms with Crippen molar-refractivity contribution in [3.8, 4) is 11.8 Å². The van der Waals surface area contributed by atoms with E-state index in [0.29, 0.717) is 25.7 Å². The number of hydrogen-bond donors (Lipinski definition) is 0. The minimum Gasteiger partial charge on any atom is -0.459 e. The van der Waals surface area contributed by atoms with Gasteiger partial charge >= 0.3 is 5.97 Å². The Bertz CT molecular complexity index is 512. The van der Waals surface area contributed by atoms with Crippen molar-refractivity contribution in [3.05, 3.63) is 29.6 Å². The maximum atomic E-state index is 11.7. The number of rotatable bonds is 5. The first kappa shape index (κ1) is 14.9. The van der Waals surface area contributed by atoms with Gasteiger partial charge in [-0.15, -0.1) is 0 Å². The van der Waals surface area contributed by atoms with Crippen LogP contribution in [0.5, 0.6) is 0 Å². The molecule has 0 amide bonds. The standard InChI is InChI=1S/C15H17NO3/c1-12-7-6-8-13(16-12)11-14(17)9-4-3-5-10-15(18)19-2/h6-8H,3-4,9,11H2,1-2H3. The van der Waals surface area contributed by atoms with Crippen LogP contribution in [0.4, 0.5) is 0 Å². The van der Waals surface area contributed by atoms with Gasteiger partial charge in [0.25, 0.3) is 0 Å². The number of ether oxygens (including phenoxy) is 1. The smallest absolute Gasteiger partial charge is 0.384 e. The second-order valence-electron chi connectivity index (χ2n) is 4.13. The lowest BCUT2D eigenvalue weighted by atomic mass is 10.1. The van der Waals surface area contributed by atoms with Crippen LogP contribution in [-0.4, -0.2) is 23.8 Å². The van der Waals surface area contributed by atoms with Gasteiger partial charge in [0.15, 0.2) is 0 Å². The Kier molecular flexibility index (Phi) is 6.31. The van der Waals surface area contributed by atoms with E-state index in [4.69, 9.17) is 0 Å². The summed E-state index contributed by atoms with van der Waals surface area (Å²) >= 11 is 0. The summed E-state index contributed by atoms with van der Waals surface area (Å²) < 4.78 is 4.38. The maximum absolute atomic E-state index is 11.7. The monoisotopic (exact) mass is 259 g/mol. The largest absolute Gasteiger partial charge is 0.459 e. The van der Waals surface area contributed by atoms with E-state index in [2.05, 4.69) is 21.6 Å². The molecule has 0 aromatic carbocycles. The van der Waals surface area contributed by atoms with E-state index in [1.807, 2.05) is 25.1 Å². The van der Waals surface area contributed by atoms with Crippen molar-refractivity contribution in [1.29, 1.82) is 0 Å². The highest BCUT2D eigenvalue weighted by atomic mass is 16.5. The molecular weight excluding hydrogens is 242 g/mol. The lowest BCUT2D eigenvalue weighted by Gasteiger charge is -2.00. The highest BCUT2D eigenvalue weighted by molar-refractivity contribution is 5.88. The quantitative estimate of drug-likeness (QED) is 0.350. The van der Waals surface area contributed by atoms with E-state index in [-0.39, 0.29) is 5.78 Å². The molecular formula is C15H17NO3. The molecule has 1 heterocycles. The van der Waals surface area contributed by atoms with E-state index in [9.17, 15) is 9.59 Å². The van der Waals surface area contributed by atoms with E-state index in [1.54, 1.807) is 0 Å². The lowest BCUT2D eigenvalue weighted by molar-refractivity contribution is -0.133. The van der Waals surface area contributed by atoms with Crippen LogP contribution in [0.2, 0.25) is 0 Å². The van der Waals surface area contributed by atoms with Gasteiger partial charge in [-0.1, -0.05) is 12.0 Å². The number of aryl methyl sites for hydroxylation is 1. The molecule has 0 N–H and O–H groups in total. The van der Waals surface area contributed by atoms with Crippen LogP contribution in [0.3, 0.4) is 0 Å². The third-order valence-electron chi connectivity index (χ3n) is 2.46. The zero-order valence-corrected chi connectivity index (χ0v) is 11.2. The first-order valence-corrected chi connectivity index (χ1v) is 6.13. The zero-order chi connectivity index (χ0) is 14.1. The van der Waals surface area contributed by atoms with E-state index in [0.717, 1.165) is 11.4 Å². The fourth-order valence-electron chi connectivity index (χ4n) is 1.55. The number of nitrogens with zero attached hydrogens (tertiary/aromatic N) is 1. The van der Waals surface area contributed by atoms with E-state index in [1.165, 1.54) is 7.11 Å². The molecule has 0 unspecified atom stereocenters. The SMILES string of the molecule is COC(=O)C#CCCCC(=O)Cc1cccc(C)n1. The number of carbonyl (C=O) groups excluding carboxylic acids is 2. The number of hydrogen-bond acceptors (Lipinski definition) is 4. The molecule has 0 spiro atoms. The van der Waals surface area contributed by atoms with Gasteiger partial charge in [-0.25, -0.2) is 4.79 Å². The predicted octanol–water partition coefficient (Wildman–Crippen LogP) is 1.85. The minimum atomic E-state index is -0.546. The molecule has 4 nitrogen and oxygen atoms in total. The van der Waals surface area contributed by atoms with Crippen LogP contribution in [0.15, 0.2) is 18.2 Å². The molecule has 1 aromatic rings. The molecule has 100 valence electrons. The molecule has 0 radical (unpaired) electrons. The van der Waals surface area contributed by atoms with Crippen molar-refractivity contribution >= 4 is 11.8 Å². The summed E-state index contributed by atoms with van der Waals surface area (Å²) in [6, 6.07) is 5.64. The average Bonchev–Trinajstić information content (AvgIpc) is 2.38. The zero-order valence-electron chi connectivity index (χ0n) is 11.2. The van der Waals surface area contributed by atoms with Crippen LogP contribution >= 0.6 is 0 Å². The van der Waals surface area contributed by atoms with E-state index < -0.39 is 5.97 Å². The van der Waals surface area contributed by atoms with Gasteiger partial charge in [0.05, 0.1) is 7.11 Å². The number of Topliss-reactive ketones (excluding diaryl/α,β-unsaturated/α-hetero) is 1. The molecule has 4 heteroatoms. The number of ketones is 1. The molecule has 1 aromatic heterocycles. The van der Waals surface area contributed by atoms with E-state index >= 15 is 0 Å². The Labute approximate surface area is 113 Å². The predicted molar refractivity (Wildman–Crippen MR) is 71.3 cm³/mol. The Morgan fingerprint density at radius 1 is 1.37 bits per heavy atom. The van der Waals surface area contributed by atoms with Gasteiger partial charge in [-0.3, -0.25) is 9.78 Å². The Balaban J connectivity index is 2.28. The highest BCUT2D eigenvalue weighted by Crippen LogP contribution is 2.03. The molecule has 0 atom stereocenters. The summed E-state index contributed by atoms with van der Waals surface area (Å²) in [5.74, 6) is 4.59. The number of methoxy groups -OCH3 is 1. The molecule has 1 rings (SSSR count). The first-order chi connectivity index (χ1) is 9.11. The van der Waals surface area contributed by atoms with Crippen LogP contribution < -0.4 is 0 Å². The van der Waals surface area contributed by atoms with Gasteiger partial charge in [0.1, 0.15) is 5.78 Å². The molecule has 0 saturated carbocycles. The number of aromatic nitrogens is 1. The van der Waals surface area contributed by atoms with Crippen LogP contribution in [0.1, 0.15) is 30.7 Å². The molecule has 0 aliphatic heterocycles. The fourth-order valence-corrected chi connectivity index (χ4v) is 1.55. The molecule has 0 saturated heterocycles. The third kappa shape index (κ3) is 6.37. The van der Waals surface area contributed by atoms with Gasteiger partial charge in [-0.05, 0) is 25.5 Å². The summed E-state index contributed by atoms with van der Waals surface area (Å²) in [4.78, 5) is 26.7. The Hall–Kier alpha value is -2.15. The lowest BCUT2D eigenvalue weighted by Crippen LogP contribution is -2.04. The van der Waals surface area contributed by atoms with Crippen LogP contribution in [0.25, 0.3) is 0 Å². The van der Waals surface area contributed by atoms with Crippen molar-refractivity contribution in [3.63, 3.8) is 0 Å².